The zero-order valence-electron chi connectivity index (χ0n) is 6.77. The van der Waals surface area contributed by atoms with Gasteiger partial charge >= 0.3 is 18.3 Å². The van der Waals surface area contributed by atoms with Crippen LogP contribution < -0.4 is 0 Å². The second-order valence-electron chi connectivity index (χ2n) is 3.20. The molecule has 0 bridgehead atoms. The molecule has 1 aliphatic carbocycles. The first-order chi connectivity index (χ1) is 6.24. The van der Waals surface area contributed by atoms with Crippen LogP contribution in [0, 0.1) is 5.41 Å². The molecule has 0 saturated heterocycles. The average Bonchev–Trinajstić information content (AvgIpc) is 1.96. The number of carboxylic acid groups (broad SMARTS) is 1. The molecule has 1 saturated carbocycles. The first kappa shape index (κ1) is 10.9. The Morgan fingerprint density at radius 2 is 1.86 bits per heavy atom. The molecule has 1 rings (SSSR count). The van der Waals surface area contributed by atoms with E-state index in [4.69, 9.17) is 5.11 Å². The third-order valence-corrected chi connectivity index (χ3v) is 2.32. The van der Waals surface area contributed by atoms with Crippen LogP contribution in [0.4, 0.5) is 17.6 Å². The number of carbonyl (C=O) groups excluding carboxylic acids is 1. The topological polar surface area (TPSA) is 54.4 Å². The summed E-state index contributed by atoms with van der Waals surface area (Å²) >= 11 is 0. The maximum absolute atomic E-state index is 12.8. The van der Waals surface area contributed by atoms with Gasteiger partial charge in [-0.15, -0.1) is 0 Å². The van der Waals surface area contributed by atoms with Crippen LogP contribution in [0.5, 0.6) is 0 Å². The highest BCUT2D eigenvalue weighted by Gasteiger charge is 2.70. The number of rotatable bonds is 3. The second kappa shape index (κ2) is 2.93. The molecule has 14 heavy (non-hydrogen) atoms. The molecular weight excluding hydrogens is 208 g/mol. The van der Waals surface area contributed by atoms with Gasteiger partial charge in [-0.2, -0.15) is 8.78 Å². The number of Topliss-reactive ketones (excluding diaryl/α,β-unsaturated/α-hetero) is 1. The molecule has 0 amide bonds. The van der Waals surface area contributed by atoms with Gasteiger partial charge in [-0.25, -0.2) is 8.78 Å². The summed E-state index contributed by atoms with van der Waals surface area (Å²) in [6.45, 7) is 0. The standard InChI is InChI=1S/C7H6F4O3/c8-4(9)7(10,11)6(5(13)14)1-3(12)2-6/h4H,1-2H2,(H,13,14). The number of hydrogen-bond acceptors (Lipinski definition) is 2. The molecule has 0 heterocycles. The molecule has 7 heteroatoms. The van der Waals surface area contributed by atoms with Crippen molar-refractivity contribution in [1.82, 2.24) is 0 Å². The summed E-state index contributed by atoms with van der Waals surface area (Å²) in [5.74, 6) is -7.46. The highest BCUT2D eigenvalue weighted by Crippen LogP contribution is 2.52. The maximum atomic E-state index is 12.8. The monoisotopic (exact) mass is 214 g/mol. The van der Waals surface area contributed by atoms with Crippen LogP contribution in [0.3, 0.4) is 0 Å². The normalized spacial score (nSPS) is 20.8. The van der Waals surface area contributed by atoms with Crippen molar-refractivity contribution in [3.63, 3.8) is 0 Å². The van der Waals surface area contributed by atoms with Gasteiger partial charge < -0.3 is 5.11 Å². The van der Waals surface area contributed by atoms with Crippen LogP contribution >= 0.6 is 0 Å². The van der Waals surface area contributed by atoms with Gasteiger partial charge in [-0.05, 0) is 0 Å². The second-order valence-corrected chi connectivity index (χ2v) is 3.20. The lowest BCUT2D eigenvalue weighted by atomic mass is 9.63. The van der Waals surface area contributed by atoms with E-state index in [2.05, 4.69) is 0 Å². The predicted molar refractivity (Wildman–Crippen MR) is 35.3 cm³/mol. The Bertz CT molecular complexity index is 279. The van der Waals surface area contributed by atoms with Crippen molar-refractivity contribution in [3.05, 3.63) is 0 Å². The fourth-order valence-electron chi connectivity index (χ4n) is 1.36. The molecule has 0 unspecified atom stereocenters. The minimum Gasteiger partial charge on any atom is -0.481 e. The highest BCUT2D eigenvalue weighted by atomic mass is 19.3. The Morgan fingerprint density at radius 3 is 2.07 bits per heavy atom. The summed E-state index contributed by atoms with van der Waals surface area (Å²) in [4.78, 5) is 20.9. The Hall–Kier alpha value is -1.14. The fraction of sp³-hybridized carbons (Fsp3) is 0.714. The van der Waals surface area contributed by atoms with E-state index >= 15 is 0 Å². The van der Waals surface area contributed by atoms with Crippen molar-refractivity contribution in [2.45, 2.75) is 25.2 Å². The van der Waals surface area contributed by atoms with Gasteiger partial charge in [0.05, 0.1) is 0 Å². The van der Waals surface area contributed by atoms with Crippen molar-refractivity contribution in [3.8, 4) is 0 Å². The van der Waals surface area contributed by atoms with Gasteiger partial charge in [0.25, 0.3) is 0 Å². The molecule has 0 aromatic carbocycles. The van der Waals surface area contributed by atoms with E-state index < -0.39 is 42.4 Å². The number of carboxylic acids is 1. The summed E-state index contributed by atoms with van der Waals surface area (Å²) in [6, 6.07) is 0. The van der Waals surface area contributed by atoms with Crippen LogP contribution in [0.1, 0.15) is 12.8 Å². The molecule has 80 valence electrons. The Morgan fingerprint density at radius 1 is 1.43 bits per heavy atom. The van der Waals surface area contributed by atoms with Crippen molar-refractivity contribution < 1.29 is 32.3 Å². The minimum absolute atomic E-state index is 0.743. The first-order valence-corrected chi connectivity index (χ1v) is 3.65. The van der Waals surface area contributed by atoms with E-state index in [-0.39, 0.29) is 0 Å². The maximum Gasteiger partial charge on any atom is 0.324 e. The van der Waals surface area contributed by atoms with Gasteiger partial charge in [0.2, 0.25) is 0 Å². The van der Waals surface area contributed by atoms with Crippen molar-refractivity contribution in [2.24, 2.45) is 5.41 Å². The van der Waals surface area contributed by atoms with E-state index in [0.29, 0.717) is 0 Å². The van der Waals surface area contributed by atoms with E-state index in [9.17, 15) is 27.2 Å². The molecule has 0 aliphatic heterocycles. The van der Waals surface area contributed by atoms with Crippen molar-refractivity contribution in [1.29, 1.82) is 0 Å². The minimum atomic E-state index is -4.66. The van der Waals surface area contributed by atoms with Crippen LogP contribution in [0.2, 0.25) is 0 Å². The van der Waals surface area contributed by atoms with Crippen LogP contribution in [0.15, 0.2) is 0 Å². The number of carbonyl (C=O) groups is 2. The van der Waals surface area contributed by atoms with Gasteiger partial charge in [-0.3, -0.25) is 9.59 Å². The van der Waals surface area contributed by atoms with Gasteiger partial charge in [0, 0.05) is 12.8 Å². The third kappa shape index (κ3) is 1.18. The van der Waals surface area contributed by atoms with Gasteiger partial charge in [0.1, 0.15) is 5.78 Å². The zero-order chi connectivity index (χ0) is 11.1. The van der Waals surface area contributed by atoms with Crippen LogP contribution in [-0.4, -0.2) is 29.2 Å². The lowest BCUT2D eigenvalue weighted by Crippen LogP contribution is -2.59. The van der Waals surface area contributed by atoms with E-state index in [1.54, 1.807) is 0 Å². The summed E-state index contributed by atoms with van der Waals surface area (Å²) in [7, 11) is 0. The zero-order valence-corrected chi connectivity index (χ0v) is 6.77. The molecule has 0 aromatic heterocycles. The summed E-state index contributed by atoms with van der Waals surface area (Å²) in [6.07, 6.45) is -6.13. The molecule has 0 spiro atoms. The van der Waals surface area contributed by atoms with Crippen molar-refractivity contribution in [2.75, 3.05) is 0 Å². The highest BCUT2D eigenvalue weighted by molar-refractivity contribution is 5.97. The number of hydrogen-bond donors (Lipinski definition) is 1. The SMILES string of the molecule is O=C1CC(C(=O)O)(C(F)(F)C(F)F)C1. The molecule has 0 aromatic rings. The smallest absolute Gasteiger partial charge is 0.324 e. The predicted octanol–water partition coefficient (Wildman–Crippen LogP) is 1.32. The lowest BCUT2D eigenvalue weighted by molar-refractivity contribution is -0.234. The van der Waals surface area contributed by atoms with Gasteiger partial charge in [-0.1, -0.05) is 0 Å². The molecule has 3 nitrogen and oxygen atoms in total. The fourth-order valence-corrected chi connectivity index (χ4v) is 1.36. The Labute approximate surface area is 75.7 Å². The molecular formula is C7H6F4O3. The number of halogens is 4. The Balaban J connectivity index is 3.01. The van der Waals surface area contributed by atoms with E-state index in [1.165, 1.54) is 0 Å². The molecule has 0 atom stereocenters. The third-order valence-electron chi connectivity index (χ3n) is 2.32. The molecule has 1 aliphatic rings. The number of ketones is 1. The quantitative estimate of drug-likeness (QED) is 0.721. The lowest BCUT2D eigenvalue weighted by Gasteiger charge is -2.41. The van der Waals surface area contributed by atoms with Gasteiger partial charge in [0.15, 0.2) is 5.41 Å². The molecule has 1 fully saturated rings. The Kier molecular flexibility index (Phi) is 2.29. The van der Waals surface area contributed by atoms with E-state index in [0.717, 1.165) is 0 Å². The van der Waals surface area contributed by atoms with Crippen LogP contribution in [-0.2, 0) is 9.59 Å². The molecule has 1 N–H and O–H groups in total. The number of alkyl halides is 4. The molecule has 0 radical (unpaired) electrons. The van der Waals surface area contributed by atoms with E-state index in [1.807, 2.05) is 0 Å². The number of aliphatic carboxylic acids is 1. The van der Waals surface area contributed by atoms with Crippen molar-refractivity contribution >= 4 is 11.8 Å². The summed E-state index contributed by atoms with van der Waals surface area (Å²) < 4.78 is 49.4. The summed E-state index contributed by atoms with van der Waals surface area (Å²) in [5.41, 5.74) is -2.90. The van der Waals surface area contributed by atoms with Crippen LogP contribution in [0.25, 0.3) is 0 Å². The average molecular weight is 214 g/mol. The summed E-state index contributed by atoms with van der Waals surface area (Å²) in [5, 5.41) is 8.42. The first-order valence-electron chi connectivity index (χ1n) is 3.65. The largest absolute Gasteiger partial charge is 0.481 e.